The highest BCUT2D eigenvalue weighted by atomic mass is 32.2. The predicted octanol–water partition coefficient (Wildman–Crippen LogP) is 2.35. The van der Waals surface area contributed by atoms with E-state index in [0.29, 0.717) is 11.0 Å². The highest BCUT2D eigenvalue weighted by Gasteiger charge is 2.09. The Morgan fingerprint density at radius 3 is 2.62 bits per heavy atom. The van der Waals surface area contributed by atoms with Crippen molar-refractivity contribution in [3.05, 3.63) is 36.4 Å². The number of fused-ring (bicyclic) bond motifs is 1. The number of rotatable bonds is 3. The van der Waals surface area contributed by atoms with Crippen molar-refractivity contribution in [2.45, 2.75) is 9.92 Å². The molecule has 0 amide bonds. The Morgan fingerprint density at radius 2 is 1.81 bits per heavy atom. The molecule has 4 N–H and O–H groups in total. The maximum atomic E-state index is 5.85. The fourth-order valence-corrected chi connectivity index (χ4v) is 2.81. The summed E-state index contributed by atoms with van der Waals surface area (Å²) in [5, 5.41) is 0.784. The average molecular weight is 299 g/mol. The number of ether oxygens (including phenoxy) is 1. The number of methoxy groups -OCH3 is 1. The van der Waals surface area contributed by atoms with Gasteiger partial charge in [-0.2, -0.15) is 4.98 Å². The van der Waals surface area contributed by atoms with Gasteiger partial charge >= 0.3 is 0 Å². The summed E-state index contributed by atoms with van der Waals surface area (Å²) >= 11 is 1.49. The van der Waals surface area contributed by atoms with Gasteiger partial charge in [-0.3, -0.25) is 0 Å². The van der Waals surface area contributed by atoms with E-state index in [2.05, 4.69) is 15.0 Å². The summed E-state index contributed by atoms with van der Waals surface area (Å²) in [7, 11) is 1.64. The number of nitrogens with two attached hydrogens (primary N) is 2. The van der Waals surface area contributed by atoms with Crippen LogP contribution in [0.25, 0.3) is 11.0 Å². The monoisotopic (exact) mass is 299 g/mol. The minimum atomic E-state index is 0.145. The molecule has 106 valence electrons. The van der Waals surface area contributed by atoms with E-state index in [9.17, 15) is 0 Å². The van der Waals surface area contributed by atoms with Gasteiger partial charge in [0.25, 0.3) is 0 Å². The van der Waals surface area contributed by atoms with Crippen LogP contribution in [0.5, 0.6) is 5.75 Å². The van der Waals surface area contributed by atoms with Gasteiger partial charge in [0.15, 0.2) is 5.82 Å². The van der Waals surface area contributed by atoms with Crippen molar-refractivity contribution >= 4 is 34.6 Å². The molecule has 0 bridgehead atoms. The zero-order valence-electron chi connectivity index (χ0n) is 11.3. The van der Waals surface area contributed by atoms with Crippen LogP contribution in [0.4, 0.5) is 11.8 Å². The maximum Gasteiger partial charge on any atom is 0.222 e. The van der Waals surface area contributed by atoms with Crippen LogP contribution in [0.1, 0.15) is 0 Å². The van der Waals surface area contributed by atoms with Crippen LogP contribution in [0.15, 0.2) is 46.3 Å². The fourth-order valence-electron chi connectivity index (χ4n) is 1.91. The normalized spacial score (nSPS) is 10.7. The largest absolute Gasteiger partial charge is 0.496 e. The van der Waals surface area contributed by atoms with Gasteiger partial charge in [0, 0.05) is 0 Å². The first-order valence-corrected chi connectivity index (χ1v) is 6.99. The second-order valence-corrected chi connectivity index (χ2v) is 5.30. The lowest BCUT2D eigenvalue weighted by molar-refractivity contribution is 0.405. The number of hydrogen-bond donors (Lipinski definition) is 2. The molecule has 3 rings (SSSR count). The zero-order chi connectivity index (χ0) is 14.8. The van der Waals surface area contributed by atoms with Gasteiger partial charge in [-0.15, -0.1) is 0 Å². The molecule has 2 heterocycles. The molecule has 3 aromatic rings. The molecule has 7 heteroatoms. The summed E-state index contributed by atoms with van der Waals surface area (Å²) in [4.78, 5) is 13.5. The van der Waals surface area contributed by atoms with E-state index in [1.165, 1.54) is 11.8 Å². The first kappa shape index (κ1) is 13.4. The number of nitrogen functional groups attached to an aromatic ring is 2. The maximum absolute atomic E-state index is 5.85. The van der Waals surface area contributed by atoms with Crippen molar-refractivity contribution in [3.8, 4) is 5.75 Å². The number of pyridine rings is 1. The van der Waals surface area contributed by atoms with E-state index >= 15 is 0 Å². The molecule has 0 fully saturated rings. The Kier molecular flexibility index (Phi) is 3.49. The van der Waals surface area contributed by atoms with Gasteiger partial charge in [0.2, 0.25) is 5.95 Å². The van der Waals surface area contributed by atoms with Gasteiger partial charge in [-0.25, -0.2) is 9.97 Å². The molecule has 2 aromatic heterocycles. The van der Waals surface area contributed by atoms with E-state index in [-0.39, 0.29) is 11.8 Å². The molecule has 0 unspecified atom stereocenters. The molecular formula is C14H13N5OS. The lowest BCUT2D eigenvalue weighted by Crippen LogP contribution is -2.01. The zero-order valence-corrected chi connectivity index (χ0v) is 12.1. The molecule has 0 saturated carbocycles. The SMILES string of the molecule is COc1ccccc1Sc1ccc2nc(N)nc(N)c2n1. The standard InChI is InChI=1S/C14H13N5OS/c1-20-9-4-2-3-5-10(9)21-11-7-6-8-12(18-11)13(15)19-14(16)17-8/h2-7H,1H3,(H4,15,16,17,19). The summed E-state index contributed by atoms with van der Waals surface area (Å²) in [5.41, 5.74) is 12.6. The third kappa shape index (κ3) is 2.68. The van der Waals surface area contributed by atoms with Crippen molar-refractivity contribution in [1.82, 2.24) is 15.0 Å². The number of hydrogen-bond acceptors (Lipinski definition) is 7. The molecular weight excluding hydrogens is 286 g/mol. The van der Waals surface area contributed by atoms with Gasteiger partial charge in [0.1, 0.15) is 16.3 Å². The smallest absolute Gasteiger partial charge is 0.222 e. The fraction of sp³-hybridized carbons (Fsp3) is 0.0714. The highest BCUT2D eigenvalue weighted by molar-refractivity contribution is 7.99. The highest BCUT2D eigenvalue weighted by Crippen LogP contribution is 2.34. The Hall–Kier alpha value is -2.54. The second kappa shape index (κ2) is 5.45. The first-order chi connectivity index (χ1) is 10.2. The topological polar surface area (TPSA) is 99.9 Å². The van der Waals surface area contributed by atoms with E-state index in [1.54, 1.807) is 7.11 Å². The summed E-state index contributed by atoms with van der Waals surface area (Å²) in [6.45, 7) is 0. The summed E-state index contributed by atoms with van der Waals surface area (Å²) in [5.74, 6) is 1.22. The van der Waals surface area contributed by atoms with Crippen molar-refractivity contribution in [2.75, 3.05) is 18.6 Å². The van der Waals surface area contributed by atoms with Gasteiger partial charge in [0.05, 0.1) is 17.5 Å². The van der Waals surface area contributed by atoms with Crippen LogP contribution < -0.4 is 16.2 Å². The number of benzene rings is 1. The Morgan fingerprint density at radius 1 is 1.00 bits per heavy atom. The summed E-state index contributed by atoms with van der Waals surface area (Å²) in [6.07, 6.45) is 0. The Balaban J connectivity index is 2.02. The lowest BCUT2D eigenvalue weighted by atomic mass is 10.3. The van der Waals surface area contributed by atoms with E-state index in [4.69, 9.17) is 16.2 Å². The minimum Gasteiger partial charge on any atom is -0.496 e. The van der Waals surface area contributed by atoms with Gasteiger partial charge in [-0.1, -0.05) is 23.9 Å². The molecule has 21 heavy (non-hydrogen) atoms. The van der Waals surface area contributed by atoms with Crippen LogP contribution in [0, 0.1) is 0 Å². The second-order valence-electron chi connectivity index (χ2n) is 4.24. The number of anilines is 2. The summed E-state index contributed by atoms with van der Waals surface area (Å²) in [6, 6.07) is 11.4. The molecule has 0 spiro atoms. The first-order valence-electron chi connectivity index (χ1n) is 6.18. The molecule has 0 atom stereocenters. The molecule has 1 aromatic carbocycles. The van der Waals surface area contributed by atoms with Gasteiger partial charge in [-0.05, 0) is 24.3 Å². The minimum absolute atomic E-state index is 0.145. The number of nitrogens with zero attached hydrogens (tertiary/aromatic N) is 3. The molecule has 0 saturated heterocycles. The van der Waals surface area contributed by atoms with Crippen molar-refractivity contribution in [2.24, 2.45) is 0 Å². The van der Waals surface area contributed by atoms with Gasteiger partial charge < -0.3 is 16.2 Å². The van der Waals surface area contributed by atoms with Crippen molar-refractivity contribution < 1.29 is 4.74 Å². The third-order valence-corrected chi connectivity index (χ3v) is 3.84. The van der Waals surface area contributed by atoms with Crippen LogP contribution >= 0.6 is 11.8 Å². The average Bonchev–Trinajstić information content (AvgIpc) is 2.48. The van der Waals surface area contributed by atoms with E-state index in [1.807, 2.05) is 36.4 Å². The molecule has 0 aliphatic heterocycles. The molecule has 6 nitrogen and oxygen atoms in total. The lowest BCUT2D eigenvalue weighted by Gasteiger charge is -2.08. The van der Waals surface area contributed by atoms with Crippen LogP contribution in [0.2, 0.25) is 0 Å². The third-order valence-electron chi connectivity index (χ3n) is 2.84. The number of aromatic nitrogens is 3. The molecule has 0 aliphatic rings. The number of para-hydroxylation sites is 1. The van der Waals surface area contributed by atoms with E-state index < -0.39 is 0 Å². The summed E-state index contributed by atoms with van der Waals surface area (Å²) < 4.78 is 5.33. The van der Waals surface area contributed by atoms with Crippen LogP contribution in [-0.4, -0.2) is 22.1 Å². The van der Waals surface area contributed by atoms with Crippen molar-refractivity contribution in [3.63, 3.8) is 0 Å². The molecule has 0 radical (unpaired) electrons. The van der Waals surface area contributed by atoms with Crippen LogP contribution in [0.3, 0.4) is 0 Å². The van der Waals surface area contributed by atoms with E-state index in [0.717, 1.165) is 15.7 Å². The molecule has 0 aliphatic carbocycles. The Labute approximate surface area is 125 Å². The van der Waals surface area contributed by atoms with Crippen molar-refractivity contribution in [1.29, 1.82) is 0 Å². The Bertz CT molecular complexity index is 808. The van der Waals surface area contributed by atoms with Crippen LogP contribution in [-0.2, 0) is 0 Å². The predicted molar refractivity (Wildman–Crippen MR) is 83.3 cm³/mol. The quantitative estimate of drug-likeness (QED) is 0.765.